The standard InChI is InChI=1S/C39H53N11O4/c1-27-22-36(54-26-50(39(27)53)33-4-5-35(51)42-38(33)52)49-20-16-47(17-21-49)25-28-7-10-45(11-8-28)12-13-46-14-18-48(19-15-46)34-23-29(6-9-41-34)37-31-24-30(40)2-3-32(31)43-44-37/h2-3,6,9,23-24,28,33,36H,1,4-5,7-8,10-22,25-26,40H2,(H,43,44)(H,42,51,52). The molecule has 8 rings (SSSR count). The molecule has 2 unspecified atom stereocenters. The number of aromatic amines is 1. The van der Waals surface area contributed by atoms with E-state index in [1.165, 1.54) is 17.7 Å². The maximum Gasteiger partial charge on any atom is 0.251 e. The number of ether oxygens (including phenoxy) is 1. The van der Waals surface area contributed by atoms with E-state index in [0.29, 0.717) is 24.3 Å². The number of piperidine rings is 2. The third kappa shape index (κ3) is 8.15. The predicted molar refractivity (Wildman–Crippen MR) is 206 cm³/mol. The molecule has 3 aromatic rings. The number of fused-ring (bicyclic) bond motifs is 1. The van der Waals surface area contributed by atoms with Gasteiger partial charge in [0.2, 0.25) is 11.8 Å². The van der Waals surface area contributed by atoms with Crippen LogP contribution in [0.25, 0.3) is 22.2 Å². The second-order valence-corrected chi connectivity index (χ2v) is 15.5. The number of carbonyl (C=O) groups excluding carboxylic acids is 3. The highest BCUT2D eigenvalue weighted by molar-refractivity contribution is 6.03. The van der Waals surface area contributed by atoms with Crippen molar-refractivity contribution in [3.8, 4) is 11.3 Å². The number of aromatic nitrogens is 3. The van der Waals surface area contributed by atoms with Crippen LogP contribution < -0.4 is 16.0 Å². The van der Waals surface area contributed by atoms with Gasteiger partial charge in [0.1, 0.15) is 30.5 Å². The summed E-state index contributed by atoms with van der Waals surface area (Å²) < 4.78 is 6.21. The summed E-state index contributed by atoms with van der Waals surface area (Å²) in [6.07, 6.45) is 5.05. The Labute approximate surface area is 316 Å². The first-order valence-electron chi connectivity index (χ1n) is 19.6. The molecule has 4 N–H and O–H groups in total. The van der Waals surface area contributed by atoms with Gasteiger partial charge in [-0.15, -0.1) is 0 Å². The number of benzene rings is 1. The second kappa shape index (κ2) is 16.1. The summed E-state index contributed by atoms with van der Waals surface area (Å²) in [6.45, 7) is 17.4. The van der Waals surface area contributed by atoms with Gasteiger partial charge in [0.05, 0.1) is 5.52 Å². The molecule has 0 aliphatic carbocycles. The van der Waals surface area contributed by atoms with Gasteiger partial charge < -0.3 is 30.1 Å². The average molecular weight is 740 g/mol. The van der Waals surface area contributed by atoms with Gasteiger partial charge >= 0.3 is 0 Å². The third-order valence-corrected chi connectivity index (χ3v) is 12.0. The Bertz CT molecular complexity index is 1840. The summed E-state index contributed by atoms with van der Waals surface area (Å²) in [5, 5.41) is 11.1. The number of hydrogen-bond donors (Lipinski definition) is 3. The lowest BCUT2D eigenvalue weighted by atomic mass is 9.96. The van der Waals surface area contributed by atoms with Crippen LogP contribution in [0.4, 0.5) is 11.5 Å². The Balaban J connectivity index is 0.731. The Hall–Kier alpha value is -4.41. The highest BCUT2D eigenvalue weighted by Crippen LogP contribution is 2.30. The van der Waals surface area contributed by atoms with E-state index in [2.05, 4.69) is 52.7 Å². The Kier molecular flexibility index (Phi) is 10.9. The molecule has 54 heavy (non-hydrogen) atoms. The van der Waals surface area contributed by atoms with Gasteiger partial charge in [-0.2, -0.15) is 5.10 Å². The predicted octanol–water partition coefficient (Wildman–Crippen LogP) is 1.55. The summed E-state index contributed by atoms with van der Waals surface area (Å²) in [6, 6.07) is 9.29. The fraction of sp³-hybridized carbons (Fsp3) is 0.564. The molecule has 0 bridgehead atoms. The highest BCUT2D eigenvalue weighted by Gasteiger charge is 2.39. The first-order chi connectivity index (χ1) is 26.3. The van der Waals surface area contributed by atoms with E-state index in [-0.39, 0.29) is 31.2 Å². The zero-order valence-electron chi connectivity index (χ0n) is 31.1. The first-order valence-corrected chi connectivity index (χ1v) is 19.6. The number of nitrogens with zero attached hydrogens (tertiary/aromatic N) is 8. The highest BCUT2D eigenvalue weighted by atomic mass is 16.5. The number of nitrogens with two attached hydrogens (primary N) is 1. The summed E-state index contributed by atoms with van der Waals surface area (Å²) in [5.41, 5.74) is 10.2. The fourth-order valence-electron chi connectivity index (χ4n) is 8.70. The Morgan fingerprint density at radius 1 is 0.870 bits per heavy atom. The summed E-state index contributed by atoms with van der Waals surface area (Å²) >= 11 is 0. The van der Waals surface area contributed by atoms with E-state index < -0.39 is 11.9 Å². The van der Waals surface area contributed by atoms with Crippen molar-refractivity contribution in [3.05, 3.63) is 48.7 Å². The van der Waals surface area contributed by atoms with Crippen LogP contribution >= 0.6 is 0 Å². The number of pyridine rings is 1. The molecule has 5 saturated heterocycles. The molecule has 288 valence electrons. The van der Waals surface area contributed by atoms with Crippen molar-refractivity contribution >= 4 is 40.1 Å². The number of hydrogen-bond acceptors (Lipinski definition) is 12. The van der Waals surface area contributed by atoms with Crippen LogP contribution in [-0.2, 0) is 19.1 Å². The summed E-state index contributed by atoms with van der Waals surface area (Å²) in [5.74, 6) is 0.708. The minimum atomic E-state index is -0.700. The molecule has 15 nitrogen and oxygen atoms in total. The molecule has 1 aromatic carbocycles. The van der Waals surface area contributed by atoms with Crippen LogP contribution in [0.2, 0.25) is 0 Å². The number of carbonyl (C=O) groups is 3. The maximum absolute atomic E-state index is 13.1. The molecule has 2 aromatic heterocycles. The molecule has 2 atom stereocenters. The van der Waals surface area contributed by atoms with E-state index in [4.69, 9.17) is 15.5 Å². The zero-order valence-corrected chi connectivity index (χ0v) is 31.1. The molecular formula is C39H53N11O4. The lowest BCUT2D eigenvalue weighted by molar-refractivity contribution is -0.153. The van der Waals surface area contributed by atoms with Gasteiger partial charge in [-0.1, -0.05) is 6.58 Å². The number of piperazine rings is 2. The van der Waals surface area contributed by atoms with E-state index in [1.807, 2.05) is 30.5 Å². The quantitative estimate of drug-likeness (QED) is 0.166. The number of imide groups is 1. The van der Waals surface area contributed by atoms with Gasteiger partial charge in [-0.25, -0.2) is 4.98 Å². The van der Waals surface area contributed by atoms with Crippen LogP contribution in [0.5, 0.6) is 0 Å². The molecule has 3 amide bonds. The van der Waals surface area contributed by atoms with Crippen LogP contribution in [0.15, 0.2) is 48.7 Å². The minimum Gasteiger partial charge on any atom is -0.399 e. The van der Waals surface area contributed by atoms with Crippen molar-refractivity contribution in [3.63, 3.8) is 0 Å². The number of nitrogens with one attached hydrogen (secondary N) is 2. The molecule has 0 saturated carbocycles. The number of likely N-dealkylation sites (tertiary alicyclic amines) is 1. The van der Waals surface area contributed by atoms with Gasteiger partial charge in [-0.3, -0.25) is 34.6 Å². The molecule has 7 heterocycles. The monoisotopic (exact) mass is 739 g/mol. The van der Waals surface area contributed by atoms with Crippen LogP contribution in [-0.4, -0.2) is 161 Å². The first kappa shape index (κ1) is 36.6. The molecule has 5 aliphatic heterocycles. The average Bonchev–Trinajstić information content (AvgIpc) is 3.55. The summed E-state index contributed by atoms with van der Waals surface area (Å²) in [7, 11) is 0. The molecule has 0 radical (unpaired) electrons. The maximum atomic E-state index is 13.1. The lowest BCUT2D eigenvalue weighted by Crippen LogP contribution is -2.55. The van der Waals surface area contributed by atoms with Crippen molar-refractivity contribution in [2.24, 2.45) is 5.92 Å². The van der Waals surface area contributed by atoms with E-state index in [0.717, 1.165) is 119 Å². The number of H-pyrrole nitrogens is 1. The molecule has 0 spiro atoms. The topological polar surface area (TPSA) is 160 Å². The van der Waals surface area contributed by atoms with E-state index in [9.17, 15) is 14.4 Å². The van der Waals surface area contributed by atoms with Gasteiger partial charge in [-0.05, 0) is 68.6 Å². The van der Waals surface area contributed by atoms with Gasteiger partial charge in [0.25, 0.3) is 5.91 Å². The van der Waals surface area contributed by atoms with Crippen molar-refractivity contribution < 1.29 is 19.1 Å². The van der Waals surface area contributed by atoms with Gasteiger partial charge in [0, 0.05) is 113 Å². The fourth-order valence-corrected chi connectivity index (χ4v) is 8.70. The zero-order chi connectivity index (χ0) is 37.2. The Morgan fingerprint density at radius 2 is 1.61 bits per heavy atom. The van der Waals surface area contributed by atoms with Crippen molar-refractivity contribution in [2.75, 3.05) is 102 Å². The van der Waals surface area contributed by atoms with Crippen molar-refractivity contribution in [1.29, 1.82) is 0 Å². The number of nitrogen functional groups attached to an aromatic ring is 1. The largest absolute Gasteiger partial charge is 0.399 e. The molecule has 5 fully saturated rings. The van der Waals surface area contributed by atoms with Crippen molar-refractivity contribution in [2.45, 2.75) is 44.4 Å². The summed E-state index contributed by atoms with van der Waals surface area (Å²) in [4.78, 5) is 55.8. The molecular weight excluding hydrogens is 687 g/mol. The number of amides is 3. The Morgan fingerprint density at radius 3 is 2.37 bits per heavy atom. The third-order valence-electron chi connectivity index (χ3n) is 12.0. The molecule has 15 heteroatoms. The van der Waals surface area contributed by atoms with Crippen molar-refractivity contribution in [1.82, 2.24) is 45.0 Å². The molecule has 5 aliphatic rings. The second-order valence-electron chi connectivity index (χ2n) is 15.5. The lowest BCUT2D eigenvalue weighted by Gasteiger charge is -2.41. The van der Waals surface area contributed by atoms with E-state index >= 15 is 0 Å². The van der Waals surface area contributed by atoms with Crippen LogP contribution in [0, 0.1) is 5.92 Å². The van der Waals surface area contributed by atoms with Crippen LogP contribution in [0.3, 0.4) is 0 Å². The van der Waals surface area contributed by atoms with Gasteiger partial charge in [0.15, 0.2) is 0 Å². The SMILES string of the molecule is C=C1CC(N2CCN(CC3CCN(CCN4CCN(c5cc(-c6n[nH]c7ccc(N)cc67)ccn5)CC4)CC3)CC2)OCN(C2CCC(=O)NC2=O)C1=O. The van der Waals surface area contributed by atoms with Crippen LogP contribution in [0.1, 0.15) is 32.1 Å². The smallest absolute Gasteiger partial charge is 0.251 e. The number of rotatable bonds is 9. The normalized spacial score (nSPS) is 25.0. The number of anilines is 2. The minimum absolute atomic E-state index is 0.0255. The van der Waals surface area contributed by atoms with E-state index in [1.54, 1.807) is 0 Å².